The second-order valence-corrected chi connectivity index (χ2v) is 7.92. The van der Waals surface area contributed by atoms with Crippen molar-refractivity contribution in [3.63, 3.8) is 0 Å². The van der Waals surface area contributed by atoms with Gasteiger partial charge in [0.05, 0.1) is 0 Å². The van der Waals surface area contributed by atoms with E-state index in [0.717, 1.165) is 18.4 Å². The van der Waals surface area contributed by atoms with Crippen LogP contribution < -0.4 is 0 Å². The lowest BCUT2D eigenvalue weighted by molar-refractivity contribution is 0.413. The van der Waals surface area contributed by atoms with Crippen LogP contribution in [0.4, 0.5) is 0 Å². The third-order valence-electron chi connectivity index (χ3n) is 5.16. The summed E-state index contributed by atoms with van der Waals surface area (Å²) < 4.78 is 1.43. The van der Waals surface area contributed by atoms with Gasteiger partial charge in [-0.3, -0.25) is 0 Å². The van der Waals surface area contributed by atoms with Crippen LogP contribution >= 0.6 is 23.7 Å². The number of thiophene rings is 1. The van der Waals surface area contributed by atoms with E-state index in [2.05, 4.69) is 48.6 Å². The summed E-state index contributed by atoms with van der Waals surface area (Å²) in [4.78, 5) is 2.34. The highest BCUT2D eigenvalue weighted by Crippen LogP contribution is 2.50. The first-order valence-corrected chi connectivity index (χ1v) is 8.93. The van der Waals surface area contributed by atoms with Crippen molar-refractivity contribution in [1.29, 1.82) is 0 Å². The maximum absolute atomic E-state index is 2.36. The summed E-state index contributed by atoms with van der Waals surface area (Å²) in [6.45, 7) is 1.13. The Morgan fingerprint density at radius 2 is 2.05 bits per heavy atom. The number of likely N-dealkylation sites (N-methyl/N-ethyl adjacent to an activating group) is 1. The van der Waals surface area contributed by atoms with Crippen LogP contribution in [0, 0.1) is 11.8 Å². The summed E-state index contributed by atoms with van der Waals surface area (Å²) in [7, 11) is 4.40. The highest BCUT2D eigenvalue weighted by Gasteiger charge is 2.35. The zero-order valence-electron chi connectivity index (χ0n) is 13.3. The van der Waals surface area contributed by atoms with Crippen LogP contribution in [-0.2, 0) is 0 Å². The number of halogens is 1. The van der Waals surface area contributed by atoms with Crippen LogP contribution in [0.1, 0.15) is 31.2 Å². The number of benzene rings is 1. The molecule has 2 aliphatic carbocycles. The summed E-state index contributed by atoms with van der Waals surface area (Å²) >= 11 is 1.87. The van der Waals surface area contributed by atoms with E-state index in [9.17, 15) is 0 Å². The van der Waals surface area contributed by atoms with Crippen LogP contribution in [0.15, 0.2) is 35.2 Å². The quantitative estimate of drug-likeness (QED) is 0.721. The zero-order valence-corrected chi connectivity index (χ0v) is 15.0. The van der Waals surface area contributed by atoms with Crippen LogP contribution in [-0.4, -0.2) is 25.5 Å². The third-order valence-corrected chi connectivity index (χ3v) is 6.04. The van der Waals surface area contributed by atoms with Crippen molar-refractivity contribution in [3.05, 3.63) is 40.8 Å². The van der Waals surface area contributed by atoms with E-state index < -0.39 is 0 Å². The van der Waals surface area contributed by atoms with Gasteiger partial charge >= 0.3 is 0 Å². The van der Waals surface area contributed by atoms with Crippen LogP contribution in [0.25, 0.3) is 15.7 Å². The molecule has 0 spiro atoms. The van der Waals surface area contributed by atoms with E-state index in [0.29, 0.717) is 0 Å². The minimum absolute atomic E-state index is 0. The van der Waals surface area contributed by atoms with Gasteiger partial charge in [0.25, 0.3) is 0 Å². The van der Waals surface area contributed by atoms with E-state index in [4.69, 9.17) is 0 Å². The van der Waals surface area contributed by atoms with E-state index in [1.807, 2.05) is 11.3 Å². The highest BCUT2D eigenvalue weighted by atomic mass is 35.5. The number of hydrogen-bond donors (Lipinski definition) is 0. The molecule has 0 aliphatic heterocycles. The van der Waals surface area contributed by atoms with E-state index in [1.165, 1.54) is 41.3 Å². The normalized spacial score (nSPS) is 24.1. The van der Waals surface area contributed by atoms with Gasteiger partial charge in [-0.15, -0.1) is 23.7 Å². The van der Waals surface area contributed by atoms with E-state index in [1.54, 1.807) is 11.1 Å². The van der Waals surface area contributed by atoms with Gasteiger partial charge in [0.1, 0.15) is 0 Å². The van der Waals surface area contributed by atoms with Crippen molar-refractivity contribution in [2.24, 2.45) is 11.8 Å². The molecular formula is C19H24ClNS. The zero-order chi connectivity index (χ0) is 14.4. The molecule has 1 aromatic heterocycles. The number of fused-ring (bicyclic) bond motifs is 3. The lowest BCUT2D eigenvalue weighted by atomic mass is 9.79. The number of nitrogens with zero attached hydrogens (tertiary/aromatic N) is 1. The molecule has 0 radical (unpaired) electrons. The minimum Gasteiger partial charge on any atom is -0.305 e. The number of rotatable bonds is 3. The third kappa shape index (κ3) is 2.73. The Morgan fingerprint density at radius 3 is 2.86 bits per heavy atom. The van der Waals surface area contributed by atoms with E-state index in [-0.39, 0.29) is 12.4 Å². The summed E-state index contributed by atoms with van der Waals surface area (Å²) in [6.07, 6.45) is 5.58. The summed E-state index contributed by atoms with van der Waals surface area (Å²) in [5.74, 6) is 1.76. The van der Waals surface area contributed by atoms with Crippen molar-refractivity contribution >= 4 is 39.4 Å². The number of allylic oxidation sites excluding steroid dienone is 1. The molecule has 0 N–H and O–H groups in total. The summed E-state index contributed by atoms with van der Waals surface area (Å²) in [5.41, 5.74) is 4.93. The fourth-order valence-electron chi connectivity index (χ4n) is 4.44. The Morgan fingerprint density at radius 1 is 1.18 bits per heavy atom. The second kappa shape index (κ2) is 6.35. The predicted octanol–water partition coefficient (Wildman–Crippen LogP) is 5.46. The lowest BCUT2D eigenvalue weighted by Gasteiger charge is -2.29. The van der Waals surface area contributed by atoms with Gasteiger partial charge in [0.15, 0.2) is 0 Å². The maximum atomic E-state index is 2.36. The Hall–Kier alpha value is -0.830. The molecule has 3 heteroatoms. The SMILES string of the molecule is CN(C)CC1=C(c2cccc3sccc23)[C@@H]2CC[C@@H](C1)C2.Cl. The van der Waals surface area contributed by atoms with Crippen LogP contribution in [0.2, 0.25) is 0 Å². The van der Waals surface area contributed by atoms with Crippen molar-refractivity contribution in [1.82, 2.24) is 4.90 Å². The molecule has 118 valence electrons. The fourth-order valence-corrected chi connectivity index (χ4v) is 5.25. The van der Waals surface area contributed by atoms with Gasteiger partial charge < -0.3 is 4.90 Å². The van der Waals surface area contributed by atoms with Crippen molar-refractivity contribution in [3.8, 4) is 0 Å². The van der Waals surface area contributed by atoms with E-state index >= 15 is 0 Å². The van der Waals surface area contributed by atoms with Gasteiger partial charge in [0.2, 0.25) is 0 Å². The molecule has 22 heavy (non-hydrogen) atoms. The smallest absolute Gasteiger partial charge is 0.0348 e. The highest BCUT2D eigenvalue weighted by molar-refractivity contribution is 7.17. The first kappa shape index (κ1) is 16.0. The molecular weight excluding hydrogens is 310 g/mol. The first-order valence-electron chi connectivity index (χ1n) is 8.05. The predicted molar refractivity (Wildman–Crippen MR) is 100.0 cm³/mol. The summed E-state index contributed by atoms with van der Waals surface area (Å²) in [6, 6.07) is 9.18. The molecule has 4 rings (SSSR count). The molecule has 1 saturated carbocycles. The van der Waals surface area contributed by atoms with Gasteiger partial charge in [0, 0.05) is 11.2 Å². The van der Waals surface area contributed by atoms with Crippen molar-refractivity contribution < 1.29 is 0 Å². The molecule has 0 amide bonds. The molecule has 1 heterocycles. The molecule has 1 fully saturated rings. The van der Waals surface area contributed by atoms with Gasteiger partial charge in [-0.2, -0.15) is 0 Å². The first-order chi connectivity index (χ1) is 10.2. The fraction of sp³-hybridized carbons (Fsp3) is 0.474. The van der Waals surface area contributed by atoms with Crippen LogP contribution in [0.3, 0.4) is 0 Å². The standard InChI is InChI=1S/C19H23NS.ClH/c1-20(2)12-15-11-13-6-7-14(10-13)19(15)17-4-3-5-18-16(17)8-9-21-18;/h3-5,8-9,13-14H,6-7,10-12H2,1-2H3;1H/t13-,14-;/m1./s1. The molecule has 2 aliphatic rings. The molecule has 2 atom stereocenters. The average molecular weight is 334 g/mol. The molecule has 2 aromatic rings. The Labute approximate surface area is 143 Å². The second-order valence-electron chi connectivity index (χ2n) is 6.97. The Kier molecular flexibility index (Phi) is 4.63. The van der Waals surface area contributed by atoms with Crippen LogP contribution in [0.5, 0.6) is 0 Å². The monoisotopic (exact) mass is 333 g/mol. The Bertz CT molecular complexity index is 700. The van der Waals surface area contributed by atoms with Gasteiger partial charge in [-0.25, -0.2) is 0 Å². The lowest BCUT2D eigenvalue weighted by Crippen LogP contribution is -2.21. The van der Waals surface area contributed by atoms with Crippen molar-refractivity contribution in [2.45, 2.75) is 25.7 Å². The maximum Gasteiger partial charge on any atom is 0.0348 e. The summed E-state index contributed by atoms with van der Waals surface area (Å²) in [5, 5.41) is 3.71. The molecule has 1 aromatic carbocycles. The van der Waals surface area contributed by atoms with Crippen molar-refractivity contribution in [2.75, 3.05) is 20.6 Å². The topological polar surface area (TPSA) is 3.24 Å². The minimum atomic E-state index is 0. The molecule has 0 saturated heterocycles. The average Bonchev–Trinajstić information content (AvgIpc) is 3.05. The molecule has 0 unspecified atom stereocenters. The molecule has 1 nitrogen and oxygen atoms in total. The Balaban J connectivity index is 0.00000144. The largest absolute Gasteiger partial charge is 0.305 e. The number of hydrogen-bond acceptors (Lipinski definition) is 2. The van der Waals surface area contributed by atoms with Gasteiger partial charge in [-0.05, 0) is 85.7 Å². The van der Waals surface area contributed by atoms with Gasteiger partial charge in [-0.1, -0.05) is 17.7 Å². The molecule has 2 bridgehead atoms.